The lowest BCUT2D eigenvalue weighted by molar-refractivity contribution is 0.169. The van der Waals surface area contributed by atoms with E-state index in [4.69, 9.17) is 5.26 Å². The van der Waals surface area contributed by atoms with Gasteiger partial charge in [0.2, 0.25) is 10.0 Å². The molecule has 1 atom stereocenters. The molecule has 3 rings (SSSR count). The molecule has 0 aliphatic carbocycles. The number of hydrogen-bond acceptors (Lipinski definition) is 4. The molecule has 0 unspecified atom stereocenters. The zero-order valence-corrected chi connectivity index (χ0v) is 13.8. The highest BCUT2D eigenvalue weighted by Gasteiger charge is 2.29. The van der Waals surface area contributed by atoms with Gasteiger partial charge in [-0.05, 0) is 29.8 Å². The molecule has 120 valence electrons. The topological polar surface area (TPSA) is 64.4 Å². The Labute approximate surface area is 136 Å². The highest BCUT2D eigenvalue weighted by atomic mass is 32.2. The minimum atomic E-state index is -3.49. The van der Waals surface area contributed by atoms with Gasteiger partial charge in [0, 0.05) is 26.2 Å². The molecule has 0 amide bonds. The third kappa shape index (κ3) is 3.08. The van der Waals surface area contributed by atoms with Crippen molar-refractivity contribution in [2.24, 2.45) is 0 Å². The minimum Gasteiger partial charge on any atom is -0.286 e. The van der Waals surface area contributed by atoms with E-state index in [0.717, 1.165) is 10.8 Å². The molecule has 2 aromatic rings. The van der Waals surface area contributed by atoms with Gasteiger partial charge in [-0.1, -0.05) is 30.3 Å². The number of rotatable bonds is 3. The van der Waals surface area contributed by atoms with Crippen LogP contribution in [0.1, 0.15) is 6.92 Å². The number of nitrogens with zero attached hydrogens (tertiary/aromatic N) is 3. The molecule has 2 aromatic carbocycles. The Morgan fingerprint density at radius 3 is 2.35 bits per heavy atom. The van der Waals surface area contributed by atoms with E-state index >= 15 is 0 Å². The van der Waals surface area contributed by atoms with Crippen molar-refractivity contribution in [2.45, 2.75) is 17.9 Å². The zero-order valence-electron chi connectivity index (χ0n) is 13.0. The van der Waals surface area contributed by atoms with Gasteiger partial charge < -0.3 is 0 Å². The third-order valence-electron chi connectivity index (χ3n) is 4.37. The first kappa shape index (κ1) is 15.9. The second kappa shape index (κ2) is 6.28. The van der Waals surface area contributed by atoms with Gasteiger partial charge in [0.1, 0.15) is 0 Å². The smallest absolute Gasteiger partial charge is 0.243 e. The van der Waals surface area contributed by atoms with Gasteiger partial charge in [-0.3, -0.25) is 4.90 Å². The van der Waals surface area contributed by atoms with E-state index < -0.39 is 10.0 Å². The molecule has 1 aliphatic rings. The van der Waals surface area contributed by atoms with Crippen LogP contribution in [0, 0.1) is 11.3 Å². The van der Waals surface area contributed by atoms with Crippen molar-refractivity contribution in [3.05, 3.63) is 42.5 Å². The first-order chi connectivity index (χ1) is 11.0. The summed E-state index contributed by atoms with van der Waals surface area (Å²) in [7, 11) is -3.49. The van der Waals surface area contributed by atoms with Crippen LogP contribution in [0.2, 0.25) is 0 Å². The molecule has 0 aromatic heterocycles. The average molecular weight is 329 g/mol. The third-order valence-corrected chi connectivity index (χ3v) is 6.26. The molecule has 0 radical (unpaired) electrons. The predicted octanol–water partition coefficient (Wildman–Crippen LogP) is 2.06. The molecule has 0 spiro atoms. The molecule has 1 aliphatic heterocycles. The monoisotopic (exact) mass is 329 g/mol. The van der Waals surface area contributed by atoms with Crippen molar-refractivity contribution >= 4 is 20.8 Å². The van der Waals surface area contributed by atoms with Crippen LogP contribution in [0.15, 0.2) is 47.4 Å². The number of hydrogen-bond donors (Lipinski definition) is 0. The van der Waals surface area contributed by atoms with Crippen LogP contribution in [0.4, 0.5) is 0 Å². The molecule has 1 fully saturated rings. The van der Waals surface area contributed by atoms with Crippen LogP contribution in [0.5, 0.6) is 0 Å². The number of piperazine rings is 1. The molecule has 0 saturated carbocycles. The zero-order chi connectivity index (χ0) is 16.4. The summed E-state index contributed by atoms with van der Waals surface area (Å²) in [5, 5.41) is 10.9. The SMILES string of the molecule is C[C@@H](C#N)N1CCN(S(=O)(=O)c2ccc3ccccc3c2)CC1. The van der Waals surface area contributed by atoms with E-state index in [1.165, 1.54) is 4.31 Å². The summed E-state index contributed by atoms with van der Waals surface area (Å²) in [6, 6.07) is 15.0. The first-order valence-electron chi connectivity index (χ1n) is 7.65. The largest absolute Gasteiger partial charge is 0.286 e. The Morgan fingerprint density at radius 1 is 1.04 bits per heavy atom. The van der Waals surface area contributed by atoms with Gasteiger partial charge in [0.25, 0.3) is 0 Å². The summed E-state index contributed by atoms with van der Waals surface area (Å²) in [5.74, 6) is 0. The summed E-state index contributed by atoms with van der Waals surface area (Å²) in [4.78, 5) is 2.34. The van der Waals surface area contributed by atoms with E-state index in [1.807, 2.05) is 42.2 Å². The molecule has 23 heavy (non-hydrogen) atoms. The second-order valence-corrected chi connectivity index (χ2v) is 7.69. The van der Waals surface area contributed by atoms with Gasteiger partial charge >= 0.3 is 0 Å². The van der Waals surface area contributed by atoms with E-state index in [0.29, 0.717) is 31.1 Å². The first-order valence-corrected chi connectivity index (χ1v) is 9.09. The Balaban J connectivity index is 1.82. The number of nitriles is 1. The van der Waals surface area contributed by atoms with Crippen LogP contribution in [0.25, 0.3) is 10.8 Å². The van der Waals surface area contributed by atoms with Crippen LogP contribution in [-0.2, 0) is 10.0 Å². The van der Waals surface area contributed by atoms with Crippen molar-refractivity contribution in [3.63, 3.8) is 0 Å². The summed E-state index contributed by atoms with van der Waals surface area (Å²) in [6.45, 7) is 3.85. The molecule has 0 N–H and O–H groups in total. The Morgan fingerprint density at radius 2 is 1.70 bits per heavy atom. The van der Waals surface area contributed by atoms with Gasteiger partial charge in [-0.2, -0.15) is 9.57 Å². The molecule has 1 heterocycles. The summed E-state index contributed by atoms with van der Waals surface area (Å²) in [5.41, 5.74) is 0. The van der Waals surface area contributed by atoms with Gasteiger partial charge in [0.15, 0.2) is 0 Å². The summed E-state index contributed by atoms with van der Waals surface area (Å²) in [6.07, 6.45) is 0. The lowest BCUT2D eigenvalue weighted by Gasteiger charge is -2.35. The molecular formula is C17H19N3O2S. The summed E-state index contributed by atoms with van der Waals surface area (Å²) < 4.78 is 27.2. The molecule has 0 bridgehead atoms. The normalized spacial score (nSPS) is 18.6. The maximum Gasteiger partial charge on any atom is 0.243 e. The van der Waals surface area contributed by atoms with Crippen molar-refractivity contribution < 1.29 is 8.42 Å². The van der Waals surface area contributed by atoms with Crippen LogP contribution < -0.4 is 0 Å². The Kier molecular flexibility index (Phi) is 4.35. The maximum atomic E-state index is 12.8. The number of fused-ring (bicyclic) bond motifs is 1. The minimum absolute atomic E-state index is 0.180. The Bertz CT molecular complexity index is 850. The van der Waals surface area contributed by atoms with Crippen LogP contribution in [0.3, 0.4) is 0 Å². The number of sulfonamides is 1. The molecule has 5 nitrogen and oxygen atoms in total. The fourth-order valence-corrected chi connectivity index (χ4v) is 4.35. The van der Waals surface area contributed by atoms with Crippen molar-refractivity contribution in [1.29, 1.82) is 5.26 Å². The van der Waals surface area contributed by atoms with E-state index in [-0.39, 0.29) is 6.04 Å². The van der Waals surface area contributed by atoms with E-state index in [2.05, 4.69) is 6.07 Å². The number of benzene rings is 2. The Hall–Kier alpha value is -1.94. The summed E-state index contributed by atoms with van der Waals surface area (Å²) >= 11 is 0. The molecule has 1 saturated heterocycles. The quantitative estimate of drug-likeness (QED) is 0.864. The van der Waals surface area contributed by atoms with Crippen LogP contribution in [-0.4, -0.2) is 49.8 Å². The van der Waals surface area contributed by atoms with E-state index in [9.17, 15) is 8.42 Å². The maximum absolute atomic E-state index is 12.8. The van der Waals surface area contributed by atoms with Gasteiger partial charge in [-0.15, -0.1) is 0 Å². The predicted molar refractivity (Wildman–Crippen MR) is 89.4 cm³/mol. The average Bonchev–Trinajstić information content (AvgIpc) is 2.60. The fraction of sp³-hybridized carbons (Fsp3) is 0.353. The second-order valence-electron chi connectivity index (χ2n) is 5.75. The van der Waals surface area contributed by atoms with Crippen molar-refractivity contribution in [3.8, 4) is 6.07 Å². The lowest BCUT2D eigenvalue weighted by atomic mass is 10.1. The van der Waals surface area contributed by atoms with Crippen LogP contribution >= 0.6 is 0 Å². The molecule has 6 heteroatoms. The highest BCUT2D eigenvalue weighted by Crippen LogP contribution is 2.23. The fourth-order valence-electron chi connectivity index (χ4n) is 2.89. The van der Waals surface area contributed by atoms with Gasteiger partial charge in [-0.25, -0.2) is 8.42 Å². The lowest BCUT2D eigenvalue weighted by Crippen LogP contribution is -2.50. The van der Waals surface area contributed by atoms with Crippen molar-refractivity contribution in [1.82, 2.24) is 9.21 Å². The highest BCUT2D eigenvalue weighted by molar-refractivity contribution is 7.89. The van der Waals surface area contributed by atoms with Crippen molar-refractivity contribution in [2.75, 3.05) is 26.2 Å². The van der Waals surface area contributed by atoms with Gasteiger partial charge in [0.05, 0.1) is 17.0 Å². The standard InChI is InChI=1S/C17H19N3O2S/c1-14(13-18)19-8-10-20(11-9-19)23(21,22)17-7-6-15-4-2-3-5-16(15)12-17/h2-7,12,14H,8-11H2,1H3/t14-/m0/s1. The van der Waals surface area contributed by atoms with E-state index in [1.54, 1.807) is 12.1 Å². The molecular weight excluding hydrogens is 310 g/mol.